The maximum Gasteiger partial charge on any atom is 0.319 e. The highest BCUT2D eigenvalue weighted by Gasteiger charge is 2.42. The highest BCUT2D eigenvalue weighted by molar-refractivity contribution is 6.31. The molecule has 0 bridgehead atoms. The van der Waals surface area contributed by atoms with Gasteiger partial charge in [0.15, 0.2) is 0 Å². The normalized spacial score (nSPS) is 16.3. The molecule has 0 spiro atoms. The van der Waals surface area contributed by atoms with Crippen LogP contribution in [0.3, 0.4) is 0 Å². The molecule has 3 N–H and O–H groups in total. The van der Waals surface area contributed by atoms with Gasteiger partial charge in [0.25, 0.3) is 0 Å². The van der Waals surface area contributed by atoms with Crippen molar-refractivity contribution in [2.45, 2.75) is 31.8 Å². The van der Waals surface area contributed by atoms with Crippen molar-refractivity contribution in [1.82, 2.24) is 15.1 Å². The summed E-state index contributed by atoms with van der Waals surface area (Å²) in [6.45, 7) is 2.01. The third kappa shape index (κ3) is 4.29. The van der Waals surface area contributed by atoms with E-state index < -0.39 is 11.6 Å². The molecular weight excluding hydrogens is 347 g/mol. The molecule has 0 aliphatic heterocycles. The number of halogens is 2. The van der Waals surface area contributed by atoms with E-state index in [1.165, 1.54) is 24.4 Å². The summed E-state index contributed by atoms with van der Waals surface area (Å²) >= 11 is 6.05. The third-order valence-electron chi connectivity index (χ3n) is 4.44. The van der Waals surface area contributed by atoms with Crippen LogP contribution in [0.4, 0.5) is 14.9 Å². The van der Waals surface area contributed by atoms with Gasteiger partial charge in [0.2, 0.25) is 0 Å². The Morgan fingerprint density at radius 3 is 2.96 bits per heavy atom. The zero-order chi connectivity index (χ0) is 18.0. The summed E-state index contributed by atoms with van der Waals surface area (Å²) < 4.78 is 14.9. The van der Waals surface area contributed by atoms with Crippen LogP contribution >= 0.6 is 11.6 Å². The molecule has 3 rings (SSSR count). The number of carbonyl (C=O) groups excluding carboxylic acids is 1. The van der Waals surface area contributed by atoms with Crippen molar-refractivity contribution in [2.75, 3.05) is 11.9 Å². The number of aromatic nitrogens is 2. The molecule has 2 aromatic rings. The summed E-state index contributed by atoms with van der Waals surface area (Å²) in [6.07, 6.45) is 5.14. The summed E-state index contributed by atoms with van der Waals surface area (Å²) in [5, 5.41) is 19.6. The van der Waals surface area contributed by atoms with E-state index in [2.05, 4.69) is 15.7 Å². The second-order valence-electron chi connectivity index (χ2n) is 6.59. The predicted octanol–water partition coefficient (Wildman–Crippen LogP) is 3.01. The monoisotopic (exact) mass is 366 g/mol. The first-order chi connectivity index (χ1) is 11.9. The number of benzene rings is 1. The van der Waals surface area contributed by atoms with Gasteiger partial charge in [-0.25, -0.2) is 9.18 Å². The Morgan fingerprint density at radius 2 is 2.28 bits per heavy atom. The van der Waals surface area contributed by atoms with Gasteiger partial charge < -0.3 is 15.7 Å². The Balaban J connectivity index is 1.61. The molecule has 2 amide bonds. The maximum atomic E-state index is 13.3. The zero-order valence-electron chi connectivity index (χ0n) is 13.8. The number of carbonyl (C=O) groups is 1. The molecule has 134 valence electrons. The van der Waals surface area contributed by atoms with Crippen molar-refractivity contribution in [3.05, 3.63) is 47.0 Å². The first kappa shape index (κ1) is 17.7. The van der Waals surface area contributed by atoms with Crippen LogP contribution in [0.25, 0.3) is 0 Å². The Kier molecular flexibility index (Phi) is 4.96. The van der Waals surface area contributed by atoms with Crippen LogP contribution < -0.4 is 10.6 Å². The average Bonchev–Trinajstić information content (AvgIpc) is 3.34. The average molecular weight is 367 g/mol. The molecule has 1 unspecified atom stereocenters. The van der Waals surface area contributed by atoms with Gasteiger partial charge in [0.1, 0.15) is 5.82 Å². The molecule has 1 aromatic carbocycles. The lowest BCUT2D eigenvalue weighted by Crippen LogP contribution is -2.52. The highest BCUT2D eigenvalue weighted by Crippen LogP contribution is 2.39. The van der Waals surface area contributed by atoms with Crippen LogP contribution in [-0.2, 0) is 6.54 Å². The summed E-state index contributed by atoms with van der Waals surface area (Å²) in [4.78, 5) is 12.1. The van der Waals surface area contributed by atoms with E-state index in [0.717, 1.165) is 12.8 Å². The van der Waals surface area contributed by atoms with E-state index >= 15 is 0 Å². The van der Waals surface area contributed by atoms with Gasteiger partial charge in [-0.3, -0.25) is 4.68 Å². The molecule has 1 aromatic heterocycles. The number of hydrogen-bond acceptors (Lipinski definition) is 3. The van der Waals surface area contributed by atoms with Gasteiger partial charge in [-0.15, -0.1) is 0 Å². The molecular formula is C17H20ClFN4O2. The van der Waals surface area contributed by atoms with Gasteiger partial charge in [-0.1, -0.05) is 11.6 Å². The smallest absolute Gasteiger partial charge is 0.319 e. The summed E-state index contributed by atoms with van der Waals surface area (Å²) in [6, 6.07) is 3.75. The van der Waals surface area contributed by atoms with E-state index in [0.29, 0.717) is 22.2 Å². The van der Waals surface area contributed by atoms with Crippen LogP contribution in [0.5, 0.6) is 0 Å². The summed E-state index contributed by atoms with van der Waals surface area (Å²) in [5.74, 6) is -0.0614. The van der Waals surface area contributed by atoms with Gasteiger partial charge in [0.05, 0.1) is 30.6 Å². The van der Waals surface area contributed by atoms with Gasteiger partial charge >= 0.3 is 6.03 Å². The van der Waals surface area contributed by atoms with Crippen molar-refractivity contribution in [3.63, 3.8) is 0 Å². The molecule has 1 atom stereocenters. The zero-order valence-corrected chi connectivity index (χ0v) is 14.6. The molecule has 25 heavy (non-hydrogen) atoms. The van der Waals surface area contributed by atoms with Gasteiger partial charge in [0, 0.05) is 11.2 Å². The number of anilines is 1. The van der Waals surface area contributed by atoms with Crippen molar-refractivity contribution in [3.8, 4) is 0 Å². The van der Waals surface area contributed by atoms with Crippen LogP contribution in [0, 0.1) is 11.7 Å². The Hall–Kier alpha value is -2.12. The minimum Gasteiger partial charge on any atom is -0.394 e. The number of urea groups is 1. The fraction of sp³-hybridized carbons (Fsp3) is 0.412. The predicted molar refractivity (Wildman–Crippen MR) is 93.1 cm³/mol. The summed E-state index contributed by atoms with van der Waals surface area (Å²) in [7, 11) is 0. The third-order valence-corrected chi connectivity index (χ3v) is 4.81. The highest BCUT2D eigenvalue weighted by atomic mass is 35.5. The lowest BCUT2D eigenvalue weighted by molar-refractivity contribution is 0.159. The number of aliphatic hydroxyl groups is 1. The lowest BCUT2D eigenvalue weighted by Gasteiger charge is -2.28. The van der Waals surface area contributed by atoms with Crippen LogP contribution in [0.1, 0.15) is 25.3 Å². The van der Waals surface area contributed by atoms with E-state index in [9.17, 15) is 14.3 Å². The van der Waals surface area contributed by atoms with Gasteiger partial charge in [-0.2, -0.15) is 5.10 Å². The summed E-state index contributed by atoms with van der Waals surface area (Å²) in [5.41, 5.74) is 0.485. The maximum absolute atomic E-state index is 13.3. The molecule has 0 radical (unpaired) electrons. The first-order valence-corrected chi connectivity index (χ1v) is 8.44. The van der Waals surface area contributed by atoms with E-state index in [-0.39, 0.29) is 19.0 Å². The second-order valence-corrected chi connectivity index (χ2v) is 7.00. The van der Waals surface area contributed by atoms with E-state index in [1.54, 1.807) is 10.9 Å². The standard InChI is InChI=1S/C17H20ClFN4O2/c1-17(10-24,12-2-3-12)22-16(25)21-14-7-20-23(9-14)8-11-6-13(19)4-5-15(11)18/h4-7,9,12,24H,2-3,8,10H2,1H3,(H2,21,22,25). The number of nitrogens with zero attached hydrogens (tertiary/aromatic N) is 2. The Labute approximate surface area is 150 Å². The number of nitrogens with one attached hydrogen (secondary N) is 2. The number of rotatable bonds is 6. The number of aliphatic hydroxyl groups excluding tert-OH is 1. The Morgan fingerprint density at radius 1 is 1.52 bits per heavy atom. The fourth-order valence-electron chi connectivity index (χ4n) is 2.77. The molecule has 1 aliphatic rings. The topological polar surface area (TPSA) is 79.2 Å². The number of amides is 2. The van der Waals surface area contributed by atoms with Crippen molar-refractivity contribution in [1.29, 1.82) is 0 Å². The number of hydrogen-bond donors (Lipinski definition) is 3. The molecule has 6 nitrogen and oxygen atoms in total. The van der Waals surface area contributed by atoms with E-state index in [4.69, 9.17) is 11.6 Å². The lowest BCUT2D eigenvalue weighted by atomic mass is 9.97. The molecule has 1 heterocycles. The quantitative estimate of drug-likeness (QED) is 0.735. The van der Waals surface area contributed by atoms with Crippen molar-refractivity contribution >= 4 is 23.3 Å². The van der Waals surface area contributed by atoms with Gasteiger partial charge in [-0.05, 0) is 49.4 Å². The van der Waals surface area contributed by atoms with Crippen LogP contribution in [0.15, 0.2) is 30.6 Å². The second kappa shape index (κ2) is 7.01. The molecule has 1 saturated carbocycles. The van der Waals surface area contributed by atoms with Crippen LogP contribution in [-0.4, -0.2) is 33.1 Å². The molecule has 0 saturated heterocycles. The molecule has 8 heteroatoms. The molecule has 1 fully saturated rings. The van der Waals surface area contributed by atoms with Crippen molar-refractivity contribution < 1.29 is 14.3 Å². The molecule has 1 aliphatic carbocycles. The minimum atomic E-state index is -0.616. The minimum absolute atomic E-state index is 0.109. The largest absolute Gasteiger partial charge is 0.394 e. The first-order valence-electron chi connectivity index (χ1n) is 8.06. The SMILES string of the molecule is CC(CO)(NC(=O)Nc1cnn(Cc2cc(F)ccc2Cl)c1)C1CC1. The fourth-order valence-corrected chi connectivity index (χ4v) is 2.94. The Bertz CT molecular complexity index is 778. The van der Waals surface area contributed by atoms with E-state index in [1.807, 2.05) is 6.92 Å². The van der Waals surface area contributed by atoms with Crippen molar-refractivity contribution in [2.24, 2.45) is 5.92 Å². The van der Waals surface area contributed by atoms with Crippen LogP contribution in [0.2, 0.25) is 5.02 Å².